The lowest BCUT2D eigenvalue weighted by molar-refractivity contribution is 0.0237. The van der Waals surface area contributed by atoms with Crippen molar-refractivity contribution in [2.45, 2.75) is 45.8 Å². The molecule has 5 rings (SSSR count). The number of benzene rings is 2. The molecule has 0 spiro atoms. The van der Waals surface area contributed by atoms with Crippen LogP contribution in [0.5, 0.6) is 5.75 Å². The first-order chi connectivity index (χ1) is 20.4. The van der Waals surface area contributed by atoms with Gasteiger partial charge in [0.15, 0.2) is 12.6 Å². The van der Waals surface area contributed by atoms with Crippen molar-refractivity contribution in [2.24, 2.45) is 7.05 Å². The van der Waals surface area contributed by atoms with Crippen molar-refractivity contribution in [3.63, 3.8) is 0 Å². The monoisotopic (exact) mass is 589 g/mol. The number of nitrogens with zero attached hydrogens (tertiary/aromatic N) is 6. The number of anilines is 1. The number of hydrogen-bond acceptors (Lipinski definition) is 9. The molecule has 1 fully saturated rings. The van der Waals surface area contributed by atoms with Crippen LogP contribution in [0.1, 0.15) is 43.2 Å². The van der Waals surface area contributed by atoms with Crippen LogP contribution in [-0.4, -0.2) is 89.4 Å². The number of methoxy groups -OCH3 is 1. The third-order valence-electron chi connectivity index (χ3n) is 7.54. The second kappa shape index (κ2) is 11.7. The zero-order chi connectivity index (χ0) is 31.1. The smallest absolute Gasteiger partial charge is 0.410 e. The average molecular weight is 590 g/mol. The Hall–Kier alpha value is -4.45. The molecule has 4 aromatic rings. The highest BCUT2D eigenvalue weighted by molar-refractivity contribution is 6.06. The molecule has 0 aliphatic carbocycles. The van der Waals surface area contributed by atoms with E-state index in [4.69, 9.17) is 24.2 Å². The summed E-state index contributed by atoms with van der Waals surface area (Å²) >= 11 is 0. The van der Waals surface area contributed by atoms with Crippen molar-refractivity contribution >= 4 is 39.5 Å². The minimum atomic E-state index is -0.559. The molecule has 1 saturated heterocycles. The molecule has 0 bridgehead atoms. The molecular formula is C31H39N7O5. The number of aromatic nitrogens is 4. The van der Waals surface area contributed by atoms with E-state index in [1.165, 1.54) is 0 Å². The summed E-state index contributed by atoms with van der Waals surface area (Å²) in [4.78, 5) is 39.3. The van der Waals surface area contributed by atoms with Gasteiger partial charge in [-0.15, -0.1) is 0 Å². The molecule has 2 amide bonds. The summed E-state index contributed by atoms with van der Waals surface area (Å²) in [5.74, 6) is 0.580. The normalized spacial score (nSPS) is 15.3. The summed E-state index contributed by atoms with van der Waals surface area (Å²) in [6.07, 6.45) is 2.38. The van der Waals surface area contributed by atoms with Gasteiger partial charge in [-0.2, -0.15) is 5.10 Å². The van der Waals surface area contributed by atoms with Crippen LogP contribution in [0.3, 0.4) is 0 Å². The molecule has 12 heteroatoms. The zero-order valence-electron chi connectivity index (χ0n) is 26.0. The van der Waals surface area contributed by atoms with Gasteiger partial charge in [-0.25, -0.2) is 14.8 Å². The molecule has 43 heavy (non-hydrogen) atoms. The Bertz CT molecular complexity index is 1690. The number of rotatable bonds is 7. The number of carbonyl (C=O) groups excluding carboxylic acids is 2. The number of likely N-dealkylation sites (N-methyl/N-ethyl adjacent to an activating group) is 1. The van der Waals surface area contributed by atoms with Crippen molar-refractivity contribution in [2.75, 3.05) is 46.0 Å². The fourth-order valence-corrected chi connectivity index (χ4v) is 5.40. The van der Waals surface area contributed by atoms with Crippen LogP contribution in [0.15, 0.2) is 30.5 Å². The van der Waals surface area contributed by atoms with Crippen LogP contribution in [0.2, 0.25) is 0 Å². The summed E-state index contributed by atoms with van der Waals surface area (Å²) in [5.41, 5.74) is 3.50. The molecule has 0 radical (unpaired) electrons. The Labute approximate surface area is 250 Å². The van der Waals surface area contributed by atoms with Gasteiger partial charge < -0.3 is 29.3 Å². The Morgan fingerprint density at radius 1 is 1.19 bits per heavy atom. The Morgan fingerprint density at radius 3 is 2.65 bits per heavy atom. The zero-order valence-corrected chi connectivity index (χ0v) is 26.0. The quantitative estimate of drug-likeness (QED) is 0.315. The van der Waals surface area contributed by atoms with Crippen molar-refractivity contribution < 1.29 is 23.8 Å². The molecule has 3 heterocycles. The molecule has 1 N–H and O–H groups in total. The maximum Gasteiger partial charge on any atom is 0.410 e. The van der Waals surface area contributed by atoms with Gasteiger partial charge in [-0.3, -0.25) is 9.48 Å². The Kier molecular flexibility index (Phi) is 8.15. The van der Waals surface area contributed by atoms with Gasteiger partial charge in [0.2, 0.25) is 0 Å². The molecule has 0 saturated carbocycles. The fraction of sp³-hybridized carbons (Fsp3) is 0.452. The highest BCUT2D eigenvalue weighted by Crippen LogP contribution is 2.38. The lowest BCUT2D eigenvalue weighted by atomic mass is 10.0. The predicted octanol–water partition coefficient (Wildman–Crippen LogP) is 4.28. The van der Waals surface area contributed by atoms with E-state index in [1.807, 2.05) is 65.2 Å². The lowest BCUT2D eigenvalue weighted by Crippen LogP contribution is -2.42. The first-order valence-corrected chi connectivity index (χ1v) is 14.2. The topological polar surface area (TPSA) is 124 Å². The van der Waals surface area contributed by atoms with Crippen molar-refractivity contribution in [1.29, 1.82) is 0 Å². The predicted molar refractivity (Wildman–Crippen MR) is 164 cm³/mol. The van der Waals surface area contributed by atoms with Crippen LogP contribution in [0, 0.1) is 6.92 Å². The van der Waals surface area contributed by atoms with Gasteiger partial charge >= 0.3 is 6.09 Å². The van der Waals surface area contributed by atoms with E-state index in [-0.39, 0.29) is 30.5 Å². The molecule has 2 aromatic carbocycles. The third kappa shape index (κ3) is 6.05. The Balaban J connectivity index is 1.53. The van der Waals surface area contributed by atoms with E-state index in [0.29, 0.717) is 34.6 Å². The summed E-state index contributed by atoms with van der Waals surface area (Å²) < 4.78 is 18.5. The second-order valence-corrected chi connectivity index (χ2v) is 11.8. The first kappa shape index (κ1) is 30.0. The summed E-state index contributed by atoms with van der Waals surface area (Å²) in [5, 5.41) is 8.82. The highest BCUT2D eigenvalue weighted by atomic mass is 16.7. The number of hydrogen-bond donors (Lipinski definition) is 1. The van der Waals surface area contributed by atoms with E-state index in [0.717, 1.165) is 35.1 Å². The van der Waals surface area contributed by atoms with Gasteiger partial charge in [0.1, 0.15) is 17.0 Å². The summed E-state index contributed by atoms with van der Waals surface area (Å²) in [7, 11) is 6.77. The van der Waals surface area contributed by atoms with Gasteiger partial charge in [0.25, 0.3) is 5.91 Å². The summed E-state index contributed by atoms with van der Waals surface area (Å²) in [6, 6.07) is 7.75. The van der Waals surface area contributed by atoms with Gasteiger partial charge in [-0.05, 0) is 58.4 Å². The first-order valence-electron chi connectivity index (χ1n) is 14.2. The van der Waals surface area contributed by atoms with E-state index >= 15 is 0 Å². The second-order valence-electron chi connectivity index (χ2n) is 11.8. The minimum absolute atomic E-state index is 0.00117. The molecule has 228 valence electrons. The number of ether oxygens (including phenoxy) is 3. The summed E-state index contributed by atoms with van der Waals surface area (Å²) in [6.45, 7) is 8.93. The highest BCUT2D eigenvalue weighted by Gasteiger charge is 2.31. The van der Waals surface area contributed by atoms with Crippen molar-refractivity contribution in [3.8, 4) is 17.1 Å². The van der Waals surface area contributed by atoms with Crippen molar-refractivity contribution in [1.82, 2.24) is 30.0 Å². The number of aryl methyl sites for hydroxylation is 2. The largest absolute Gasteiger partial charge is 0.466 e. The Morgan fingerprint density at radius 2 is 1.95 bits per heavy atom. The maximum atomic E-state index is 13.2. The number of nitrogens with one attached hydrogen (secondary N) is 1. The van der Waals surface area contributed by atoms with Crippen LogP contribution < -0.4 is 15.0 Å². The molecule has 12 nitrogen and oxygen atoms in total. The number of fused-ring (bicyclic) bond motifs is 2. The third-order valence-corrected chi connectivity index (χ3v) is 7.54. The molecule has 1 atom stereocenters. The standard InChI is InChI=1S/C31H39N7O5/c1-18-25-19(15-36(6)35-25)13-23(27(18)42-17-41-8)28-33-24-10-9-20(14-22(24)26(34-28)29(39)32-5)38-12-11-21(16-38)37(7)30(40)43-31(2,3)4/h9-10,13-15,21H,11-12,16-17H2,1-8H3,(H,32,39)/t21-/m0/s1. The maximum absolute atomic E-state index is 13.2. The van der Waals surface area contributed by atoms with Crippen LogP contribution in [0.25, 0.3) is 33.2 Å². The van der Waals surface area contributed by atoms with Crippen molar-refractivity contribution in [3.05, 3.63) is 41.7 Å². The van der Waals surface area contributed by atoms with E-state index in [2.05, 4.69) is 15.3 Å². The molecule has 2 aromatic heterocycles. The SMILES string of the molecule is CNC(=O)c1nc(-c2cc3cn(C)nc3c(C)c2OCOC)nc2ccc(N3CC[C@H](N(C)C(=O)OC(C)(C)C)C3)cc12. The average Bonchev–Trinajstić information content (AvgIpc) is 3.61. The van der Waals surface area contributed by atoms with Gasteiger partial charge in [0.05, 0.1) is 22.6 Å². The number of carbonyl (C=O) groups is 2. The van der Waals surface area contributed by atoms with Crippen LogP contribution >= 0.6 is 0 Å². The number of amides is 2. The van der Waals surface area contributed by atoms with Crippen LogP contribution in [0.4, 0.5) is 10.5 Å². The molecular weight excluding hydrogens is 550 g/mol. The fourth-order valence-electron chi connectivity index (χ4n) is 5.40. The van der Waals surface area contributed by atoms with E-state index in [9.17, 15) is 9.59 Å². The van der Waals surface area contributed by atoms with Gasteiger partial charge in [0, 0.05) is 69.6 Å². The van der Waals surface area contributed by atoms with E-state index < -0.39 is 5.60 Å². The van der Waals surface area contributed by atoms with Crippen LogP contribution in [-0.2, 0) is 16.5 Å². The molecule has 1 aliphatic heterocycles. The lowest BCUT2D eigenvalue weighted by Gasteiger charge is -2.29. The minimum Gasteiger partial charge on any atom is -0.466 e. The van der Waals surface area contributed by atoms with Gasteiger partial charge in [-0.1, -0.05) is 0 Å². The van der Waals surface area contributed by atoms with E-state index in [1.54, 1.807) is 30.8 Å². The molecule has 0 unspecified atom stereocenters. The molecule has 1 aliphatic rings.